The average Bonchev–Trinajstić information content (AvgIpc) is 2.23. The highest BCUT2D eigenvalue weighted by Gasteiger charge is 2.25. The summed E-state index contributed by atoms with van der Waals surface area (Å²) in [5.74, 6) is 0. The van der Waals surface area contributed by atoms with E-state index in [9.17, 15) is 0 Å². The first-order chi connectivity index (χ1) is 6.29. The molecule has 0 aliphatic heterocycles. The zero-order valence-corrected chi connectivity index (χ0v) is 9.16. The van der Waals surface area contributed by atoms with Crippen molar-refractivity contribution in [2.45, 2.75) is 13.0 Å². The van der Waals surface area contributed by atoms with Crippen LogP contribution >= 0.6 is 0 Å². The summed E-state index contributed by atoms with van der Waals surface area (Å²) in [5.41, 5.74) is 4.21. The van der Waals surface area contributed by atoms with Crippen LogP contribution in [0, 0.1) is 0 Å². The first kappa shape index (κ1) is 10.0. The normalized spacial score (nSPS) is 10.8. The van der Waals surface area contributed by atoms with E-state index in [4.69, 9.17) is 0 Å². The first-order valence-corrected chi connectivity index (χ1v) is 6.98. The van der Waals surface area contributed by atoms with Gasteiger partial charge in [0, 0.05) is 0 Å². The minimum absolute atomic E-state index is 1.14. The van der Waals surface area contributed by atoms with Gasteiger partial charge < -0.3 is 0 Å². The van der Waals surface area contributed by atoms with Crippen molar-refractivity contribution in [3.63, 3.8) is 0 Å². The molecule has 0 radical (unpaired) electrons. The van der Waals surface area contributed by atoms with E-state index in [-0.39, 0.29) is 0 Å². The number of hydrogen-bond donors (Lipinski definition) is 0. The van der Waals surface area contributed by atoms with Crippen LogP contribution in [0.1, 0.15) is 6.92 Å². The van der Waals surface area contributed by atoms with Gasteiger partial charge in [-0.15, -0.1) is 13.2 Å². The number of benzene rings is 1. The molecule has 68 valence electrons. The van der Waals surface area contributed by atoms with Crippen LogP contribution in [0.25, 0.3) is 0 Å². The predicted molar refractivity (Wildman–Crippen MR) is 62.7 cm³/mol. The van der Waals surface area contributed by atoms with E-state index in [0.717, 1.165) is 6.04 Å². The van der Waals surface area contributed by atoms with Gasteiger partial charge in [0.2, 0.25) is 0 Å². The topological polar surface area (TPSA) is 0 Å². The molecule has 0 fully saturated rings. The summed E-state index contributed by atoms with van der Waals surface area (Å²) >= 11 is 0. The zero-order chi connectivity index (χ0) is 9.73. The second-order valence-electron chi connectivity index (χ2n) is 3.17. The third kappa shape index (κ3) is 1.81. The standard InChI is InChI=1S/C12H16Si/c1-4-13(5-2,6-3)12-10-8-7-9-11-12/h4-5,7-11H,1-2,6H2,3H3. The van der Waals surface area contributed by atoms with Crippen molar-refractivity contribution in [3.05, 3.63) is 54.9 Å². The maximum atomic E-state index is 3.94. The Kier molecular flexibility index (Phi) is 3.26. The van der Waals surface area contributed by atoms with Gasteiger partial charge in [-0.05, 0) is 6.04 Å². The van der Waals surface area contributed by atoms with Crippen molar-refractivity contribution in [3.8, 4) is 0 Å². The van der Waals surface area contributed by atoms with E-state index in [1.165, 1.54) is 5.19 Å². The van der Waals surface area contributed by atoms with Crippen molar-refractivity contribution in [2.75, 3.05) is 0 Å². The van der Waals surface area contributed by atoms with Gasteiger partial charge in [-0.3, -0.25) is 0 Å². The van der Waals surface area contributed by atoms with Crippen LogP contribution < -0.4 is 5.19 Å². The second-order valence-corrected chi connectivity index (χ2v) is 7.35. The molecular weight excluding hydrogens is 172 g/mol. The molecule has 0 spiro atoms. The molecule has 0 aliphatic carbocycles. The maximum absolute atomic E-state index is 3.94. The molecule has 0 atom stereocenters. The van der Waals surface area contributed by atoms with Gasteiger partial charge in [0.15, 0.2) is 0 Å². The molecule has 0 amide bonds. The molecule has 1 aromatic carbocycles. The number of rotatable bonds is 4. The van der Waals surface area contributed by atoms with E-state index in [0.29, 0.717) is 0 Å². The van der Waals surface area contributed by atoms with Crippen LogP contribution in [-0.2, 0) is 0 Å². The Balaban J connectivity index is 3.15. The zero-order valence-electron chi connectivity index (χ0n) is 8.16. The molecule has 0 saturated carbocycles. The Morgan fingerprint density at radius 3 is 2.08 bits per heavy atom. The monoisotopic (exact) mass is 188 g/mol. The Morgan fingerprint density at radius 1 is 1.15 bits per heavy atom. The third-order valence-corrected chi connectivity index (χ3v) is 6.66. The summed E-state index contributed by atoms with van der Waals surface area (Å²) in [5, 5.41) is 1.41. The Bertz CT molecular complexity index is 279. The highest BCUT2D eigenvalue weighted by molar-refractivity contribution is 6.99. The minimum Gasteiger partial charge on any atom is -0.106 e. The predicted octanol–water partition coefficient (Wildman–Crippen LogP) is 2.81. The SMILES string of the molecule is C=C[Si](C=C)(CC)c1ccccc1. The van der Waals surface area contributed by atoms with Gasteiger partial charge >= 0.3 is 0 Å². The molecule has 0 bridgehead atoms. The van der Waals surface area contributed by atoms with Crippen molar-refractivity contribution < 1.29 is 0 Å². The van der Waals surface area contributed by atoms with Gasteiger partial charge in [0.1, 0.15) is 8.07 Å². The van der Waals surface area contributed by atoms with E-state index in [1.807, 2.05) is 6.07 Å². The first-order valence-electron chi connectivity index (χ1n) is 4.62. The van der Waals surface area contributed by atoms with Crippen molar-refractivity contribution in [1.82, 2.24) is 0 Å². The second kappa shape index (κ2) is 4.24. The van der Waals surface area contributed by atoms with Crippen LogP contribution in [0.15, 0.2) is 54.9 Å². The fourth-order valence-corrected chi connectivity index (χ4v) is 4.00. The molecule has 1 aromatic rings. The maximum Gasteiger partial charge on any atom is 0.132 e. The van der Waals surface area contributed by atoms with Crippen molar-refractivity contribution in [1.29, 1.82) is 0 Å². The molecular formula is C12H16Si. The smallest absolute Gasteiger partial charge is 0.106 e. The molecule has 0 heterocycles. The summed E-state index contributed by atoms with van der Waals surface area (Å²) in [6, 6.07) is 11.7. The van der Waals surface area contributed by atoms with E-state index < -0.39 is 8.07 Å². The fourth-order valence-electron chi connectivity index (χ4n) is 1.56. The lowest BCUT2D eigenvalue weighted by Gasteiger charge is -2.22. The lowest BCUT2D eigenvalue weighted by atomic mass is 10.4. The minimum atomic E-state index is -1.57. The van der Waals surface area contributed by atoms with E-state index in [2.05, 4.69) is 55.7 Å². The Morgan fingerprint density at radius 2 is 1.69 bits per heavy atom. The van der Waals surface area contributed by atoms with E-state index in [1.54, 1.807) is 0 Å². The van der Waals surface area contributed by atoms with Crippen LogP contribution in [0.4, 0.5) is 0 Å². The van der Waals surface area contributed by atoms with Crippen LogP contribution in [0.5, 0.6) is 0 Å². The fraction of sp³-hybridized carbons (Fsp3) is 0.167. The Labute approximate surface area is 81.6 Å². The lowest BCUT2D eigenvalue weighted by Crippen LogP contribution is -2.43. The van der Waals surface area contributed by atoms with Gasteiger partial charge in [0.05, 0.1) is 0 Å². The van der Waals surface area contributed by atoms with Crippen LogP contribution in [-0.4, -0.2) is 8.07 Å². The van der Waals surface area contributed by atoms with Gasteiger partial charge in [0.25, 0.3) is 0 Å². The highest BCUT2D eigenvalue weighted by Crippen LogP contribution is 2.11. The van der Waals surface area contributed by atoms with Crippen LogP contribution in [0.2, 0.25) is 6.04 Å². The average molecular weight is 188 g/mol. The van der Waals surface area contributed by atoms with E-state index >= 15 is 0 Å². The van der Waals surface area contributed by atoms with Gasteiger partial charge in [-0.2, -0.15) is 0 Å². The quantitative estimate of drug-likeness (QED) is 0.637. The summed E-state index contributed by atoms with van der Waals surface area (Å²) in [7, 11) is -1.57. The summed E-state index contributed by atoms with van der Waals surface area (Å²) < 4.78 is 0. The number of hydrogen-bond acceptors (Lipinski definition) is 0. The molecule has 0 nitrogen and oxygen atoms in total. The molecule has 1 heteroatoms. The largest absolute Gasteiger partial charge is 0.132 e. The third-order valence-electron chi connectivity index (χ3n) is 2.62. The van der Waals surface area contributed by atoms with Gasteiger partial charge in [-0.25, -0.2) is 0 Å². The molecule has 0 saturated heterocycles. The highest BCUT2D eigenvalue weighted by atomic mass is 28.3. The molecule has 13 heavy (non-hydrogen) atoms. The van der Waals surface area contributed by atoms with Crippen molar-refractivity contribution >= 4 is 13.3 Å². The summed E-state index contributed by atoms with van der Waals surface area (Å²) in [6.45, 7) is 10.1. The molecule has 0 aliphatic rings. The van der Waals surface area contributed by atoms with Crippen molar-refractivity contribution in [2.24, 2.45) is 0 Å². The molecule has 0 aromatic heterocycles. The van der Waals surface area contributed by atoms with Crippen LogP contribution in [0.3, 0.4) is 0 Å². The lowest BCUT2D eigenvalue weighted by molar-refractivity contribution is 1.41. The summed E-state index contributed by atoms with van der Waals surface area (Å²) in [4.78, 5) is 0. The summed E-state index contributed by atoms with van der Waals surface area (Å²) in [6.07, 6.45) is 0. The molecule has 1 rings (SSSR count). The van der Waals surface area contributed by atoms with Gasteiger partial charge in [-0.1, -0.05) is 53.8 Å². The Hall–Kier alpha value is -1.08. The molecule has 0 N–H and O–H groups in total. The molecule has 0 unspecified atom stereocenters.